The molecule has 0 saturated heterocycles. The predicted molar refractivity (Wildman–Crippen MR) is 55.3 cm³/mol. The molecule has 0 N–H and O–H groups in total. The van der Waals surface area contributed by atoms with Crippen LogP contribution < -0.4 is 0 Å². The molecule has 0 aliphatic carbocycles. The summed E-state index contributed by atoms with van der Waals surface area (Å²) in [4.78, 5) is 0. The maximum Gasteiger partial charge on any atom is 0 e. The number of halogens is 2. The van der Waals surface area contributed by atoms with Gasteiger partial charge in [0, 0.05) is 21.1 Å². The van der Waals surface area contributed by atoms with Crippen LogP contribution in [0.15, 0.2) is 36.4 Å². The Kier molecular flexibility index (Phi) is 16.6. The Morgan fingerprint density at radius 1 is 1.00 bits per heavy atom. The molecule has 0 spiro atoms. The maximum atomic E-state index is 3.60. The molecular formula is C9H11Cl2Pt-. The number of hydrogen-bond donors (Lipinski definition) is 0. The third-order valence-corrected chi connectivity index (χ3v) is 1.11. The average Bonchev–Trinajstić information content (AvgIpc) is 1.91. The van der Waals surface area contributed by atoms with Crippen LogP contribution in [0.5, 0.6) is 0 Å². The second-order valence-corrected chi connectivity index (χ2v) is 1.81. The molecule has 12 heavy (non-hydrogen) atoms. The first kappa shape index (κ1) is 18.0. The fourth-order valence-corrected chi connectivity index (χ4v) is 0.700. The summed E-state index contributed by atoms with van der Waals surface area (Å²) in [6.45, 7) is 3.60. The minimum atomic E-state index is 0. The Morgan fingerprint density at radius 2 is 1.50 bits per heavy atom. The second kappa shape index (κ2) is 11.1. The van der Waals surface area contributed by atoms with Crippen molar-refractivity contribution in [2.75, 3.05) is 0 Å². The van der Waals surface area contributed by atoms with Crippen LogP contribution in [-0.2, 0) is 21.1 Å². The summed E-state index contributed by atoms with van der Waals surface area (Å²) < 4.78 is 0. The van der Waals surface area contributed by atoms with Gasteiger partial charge >= 0.3 is 0 Å². The molecule has 0 heterocycles. The average molecular weight is 385 g/mol. The van der Waals surface area contributed by atoms with Crippen molar-refractivity contribution in [3.8, 4) is 0 Å². The summed E-state index contributed by atoms with van der Waals surface area (Å²) in [5.41, 5.74) is 1.20. The topological polar surface area (TPSA) is 0 Å². The van der Waals surface area contributed by atoms with Gasteiger partial charge in [0.1, 0.15) is 0 Å². The summed E-state index contributed by atoms with van der Waals surface area (Å²) in [6.07, 6.45) is 3.76. The zero-order chi connectivity index (χ0) is 6.53. The van der Waals surface area contributed by atoms with Gasteiger partial charge in [-0.25, -0.2) is 19.1 Å². The van der Waals surface area contributed by atoms with E-state index in [1.54, 1.807) is 6.08 Å². The fourth-order valence-electron chi connectivity index (χ4n) is 0.700. The van der Waals surface area contributed by atoms with Gasteiger partial charge in [-0.2, -0.15) is 0 Å². The van der Waals surface area contributed by atoms with E-state index in [0.717, 1.165) is 0 Å². The van der Waals surface area contributed by atoms with Crippen LogP contribution in [0.1, 0.15) is 5.56 Å². The first-order valence-corrected chi connectivity index (χ1v) is 2.94. The van der Waals surface area contributed by atoms with Gasteiger partial charge in [0.05, 0.1) is 0 Å². The van der Waals surface area contributed by atoms with Crippen LogP contribution in [0.3, 0.4) is 0 Å². The van der Waals surface area contributed by atoms with Crippen molar-refractivity contribution in [2.24, 2.45) is 0 Å². The van der Waals surface area contributed by atoms with Gasteiger partial charge in [0.25, 0.3) is 0 Å². The molecule has 0 atom stereocenters. The zero-order valence-corrected chi connectivity index (χ0v) is 10.3. The first-order chi connectivity index (χ1) is 4.43. The van der Waals surface area contributed by atoms with E-state index < -0.39 is 0 Å². The fraction of sp³-hybridized carbons (Fsp3) is 0. The van der Waals surface area contributed by atoms with Crippen LogP contribution in [0.25, 0.3) is 6.08 Å². The predicted octanol–water partition coefficient (Wildman–Crippen LogP) is 3.37. The Hall–Kier alpha value is 0.0983. The molecule has 0 aliphatic rings. The van der Waals surface area contributed by atoms with Gasteiger partial charge in [-0.3, -0.25) is 0 Å². The molecule has 1 rings (SSSR count). The van der Waals surface area contributed by atoms with Crippen LogP contribution in [0, 0.1) is 6.92 Å². The van der Waals surface area contributed by atoms with Crippen LogP contribution in [0.4, 0.5) is 0 Å². The van der Waals surface area contributed by atoms with E-state index in [1.165, 1.54) is 5.56 Å². The molecule has 0 aliphatic heterocycles. The monoisotopic (exact) mass is 384 g/mol. The van der Waals surface area contributed by atoms with Gasteiger partial charge in [-0.1, -0.05) is 30.3 Å². The SMILES string of the molecule is Cl.Cl.[CH2-]C=Cc1ccccc1.[Pt]. The van der Waals surface area contributed by atoms with Crippen LogP contribution in [0.2, 0.25) is 0 Å². The largest absolute Gasteiger partial charge is 0.245 e. The van der Waals surface area contributed by atoms with Crippen molar-refractivity contribution >= 4 is 30.9 Å². The van der Waals surface area contributed by atoms with Gasteiger partial charge in [-0.05, 0) is 0 Å². The van der Waals surface area contributed by atoms with E-state index >= 15 is 0 Å². The standard InChI is InChI=1S/C9H9.2ClH.Pt/c1-2-6-9-7-4-3-5-8-9;;;/h2-8H,1H2;2*1H;/q-1;;;. The molecule has 0 radical (unpaired) electrons. The molecule has 1 aromatic carbocycles. The summed E-state index contributed by atoms with van der Waals surface area (Å²) in [5, 5.41) is 0. The van der Waals surface area contributed by atoms with E-state index in [9.17, 15) is 0 Å². The minimum absolute atomic E-state index is 0. The van der Waals surface area contributed by atoms with Crippen LogP contribution in [-0.4, -0.2) is 0 Å². The normalized spacial score (nSPS) is 7.67. The number of benzene rings is 1. The smallest absolute Gasteiger partial charge is 0 e. The van der Waals surface area contributed by atoms with Gasteiger partial charge in [-0.15, -0.1) is 30.4 Å². The molecule has 3 heteroatoms. The van der Waals surface area contributed by atoms with E-state index in [0.29, 0.717) is 0 Å². The Labute approximate surface area is 101 Å². The second-order valence-electron chi connectivity index (χ2n) is 1.81. The van der Waals surface area contributed by atoms with Crippen molar-refractivity contribution in [3.05, 3.63) is 48.9 Å². The number of hydrogen-bond acceptors (Lipinski definition) is 0. The summed E-state index contributed by atoms with van der Waals surface area (Å²) in [6, 6.07) is 10.1. The Bertz CT molecular complexity index is 197. The molecule has 0 amide bonds. The maximum absolute atomic E-state index is 3.60. The molecule has 0 unspecified atom stereocenters. The number of rotatable bonds is 1. The molecule has 0 bridgehead atoms. The van der Waals surface area contributed by atoms with Crippen molar-refractivity contribution in [1.82, 2.24) is 0 Å². The van der Waals surface area contributed by atoms with Crippen molar-refractivity contribution in [1.29, 1.82) is 0 Å². The van der Waals surface area contributed by atoms with E-state index in [-0.39, 0.29) is 45.9 Å². The minimum Gasteiger partial charge on any atom is -0.245 e. The molecular weight excluding hydrogens is 374 g/mol. The molecule has 0 nitrogen and oxygen atoms in total. The van der Waals surface area contributed by atoms with E-state index in [1.807, 2.05) is 36.4 Å². The summed E-state index contributed by atoms with van der Waals surface area (Å²) >= 11 is 0. The summed E-state index contributed by atoms with van der Waals surface area (Å²) in [7, 11) is 0. The third-order valence-electron chi connectivity index (χ3n) is 1.11. The van der Waals surface area contributed by atoms with E-state index in [4.69, 9.17) is 0 Å². The van der Waals surface area contributed by atoms with Crippen molar-refractivity contribution < 1.29 is 21.1 Å². The molecule has 0 saturated carbocycles. The zero-order valence-electron chi connectivity index (χ0n) is 6.38. The third kappa shape index (κ3) is 6.79. The van der Waals surface area contributed by atoms with Gasteiger partial charge in [0.2, 0.25) is 0 Å². The Balaban J connectivity index is -0.000000270. The summed E-state index contributed by atoms with van der Waals surface area (Å²) in [5.74, 6) is 0. The van der Waals surface area contributed by atoms with Gasteiger partial charge in [0.15, 0.2) is 0 Å². The van der Waals surface area contributed by atoms with Crippen molar-refractivity contribution in [3.63, 3.8) is 0 Å². The van der Waals surface area contributed by atoms with Crippen LogP contribution >= 0.6 is 24.8 Å². The molecule has 0 fully saturated rings. The van der Waals surface area contributed by atoms with Crippen molar-refractivity contribution in [2.45, 2.75) is 0 Å². The Morgan fingerprint density at radius 3 is 1.92 bits per heavy atom. The molecule has 72 valence electrons. The first-order valence-electron chi connectivity index (χ1n) is 2.94. The quantitative estimate of drug-likeness (QED) is 0.651. The van der Waals surface area contributed by atoms with E-state index in [2.05, 4.69) is 6.92 Å². The number of allylic oxidation sites excluding steroid dienone is 1. The molecule has 0 aromatic heterocycles. The molecule has 1 aromatic rings. The van der Waals surface area contributed by atoms with Gasteiger partial charge < -0.3 is 0 Å².